The van der Waals surface area contributed by atoms with Gasteiger partial charge in [0.25, 0.3) is 15.9 Å². The van der Waals surface area contributed by atoms with E-state index in [2.05, 4.69) is 14.5 Å². The zero-order chi connectivity index (χ0) is 35.6. The van der Waals surface area contributed by atoms with Gasteiger partial charge in [0, 0.05) is 43.2 Å². The summed E-state index contributed by atoms with van der Waals surface area (Å²) in [6.07, 6.45) is 8.13. The van der Waals surface area contributed by atoms with Crippen molar-refractivity contribution in [1.29, 1.82) is 0 Å². The number of rotatable bonds is 2. The molecule has 4 aliphatic rings. The lowest BCUT2D eigenvalue weighted by Crippen LogP contribution is -2.47. The summed E-state index contributed by atoms with van der Waals surface area (Å²) in [5.41, 5.74) is 1.34. The molecule has 3 heterocycles. The van der Waals surface area contributed by atoms with Crippen LogP contribution in [0.4, 0.5) is 10.5 Å². The molecule has 272 valence electrons. The van der Waals surface area contributed by atoms with Crippen LogP contribution >= 0.6 is 11.6 Å². The first-order chi connectivity index (χ1) is 23.8. The number of ether oxygens (including phenoxy) is 3. The molecular formula is C37H49ClN4O7S. The number of carbonyl (C=O) groups excluding carboxylic acids is 2. The Morgan fingerprint density at radius 3 is 2.60 bits per heavy atom. The number of nitrogens with zero attached hydrogens (tertiary/aromatic N) is 3. The highest BCUT2D eigenvalue weighted by molar-refractivity contribution is 7.90. The molecule has 0 aromatic heterocycles. The van der Waals surface area contributed by atoms with Crippen LogP contribution in [0.3, 0.4) is 0 Å². The minimum atomic E-state index is -4.24. The third-order valence-electron chi connectivity index (χ3n) is 10.6. The van der Waals surface area contributed by atoms with E-state index in [0.717, 1.165) is 49.7 Å². The molecule has 50 heavy (non-hydrogen) atoms. The number of likely N-dealkylation sites (tertiary alicyclic amines) is 1. The second-order valence-electron chi connectivity index (χ2n) is 14.6. The summed E-state index contributed by atoms with van der Waals surface area (Å²) >= 11 is 6.35. The van der Waals surface area contributed by atoms with Gasteiger partial charge in [0.15, 0.2) is 0 Å². The van der Waals surface area contributed by atoms with Crippen molar-refractivity contribution in [2.24, 2.45) is 11.8 Å². The topological polar surface area (TPSA) is 118 Å². The molecule has 0 radical (unpaired) electrons. The third-order valence-corrected chi connectivity index (χ3v) is 12.2. The molecule has 11 nitrogen and oxygen atoms in total. The molecule has 2 aromatic carbocycles. The van der Waals surface area contributed by atoms with Crippen molar-refractivity contribution < 1.29 is 32.2 Å². The van der Waals surface area contributed by atoms with Crippen molar-refractivity contribution in [3.63, 3.8) is 0 Å². The average Bonchev–Trinajstić information content (AvgIpc) is 3.55. The fraction of sp³-hybridized carbons (Fsp3) is 0.568. The fourth-order valence-corrected chi connectivity index (χ4v) is 8.54. The van der Waals surface area contributed by atoms with E-state index in [-0.39, 0.29) is 29.4 Å². The van der Waals surface area contributed by atoms with Crippen molar-refractivity contribution in [2.75, 3.05) is 51.8 Å². The number of hydrogen-bond acceptors (Lipinski definition) is 9. The van der Waals surface area contributed by atoms with E-state index in [1.54, 1.807) is 23.1 Å². The van der Waals surface area contributed by atoms with E-state index in [0.29, 0.717) is 55.3 Å². The van der Waals surface area contributed by atoms with Gasteiger partial charge in [0.1, 0.15) is 24.1 Å². The Bertz CT molecular complexity index is 1720. The number of fused-ring (bicyclic) bond motifs is 3. The zero-order valence-electron chi connectivity index (χ0n) is 29.4. The average molecular weight is 729 g/mol. The summed E-state index contributed by atoms with van der Waals surface area (Å²) in [7, 11) is -0.189. The fourth-order valence-electron chi connectivity index (χ4n) is 7.23. The Kier molecular flexibility index (Phi) is 11.0. The summed E-state index contributed by atoms with van der Waals surface area (Å²) in [6.45, 7) is 5.92. The summed E-state index contributed by atoms with van der Waals surface area (Å²) in [5, 5.41) is 0.678. The van der Waals surface area contributed by atoms with Gasteiger partial charge < -0.3 is 28.9 Å². The maximum atomic E-state index is 13.6. The standard InChI is InChI=1S/C37H49ClN4O7S/c1-37(2)35(43)39-50(45,46)30-13-15-34-32(21-30)41(17-6-5-8-25-20-28(38)12-10-27(25)24-47-34)22-26-11-14-31(26)33(9-7-19-48-37)49-36(44)42-18-16-29(23-42)40(3)4/h7,9-10,12-13,15,20-21,26,29,31,33H,5-6,8,11,14,16-19,22-24H2,1-4H3,(H,39,43)/b9-7+/t26-,29-,31+,33-/m0/s1. The van der Waals surface area contributed by atoms with Gasteiger partial charge in [-0.15, -0.1) is 0 Å². The summed E-state index contributed by atoms with van der Waals surface area (Å²) in [6, 6.07) is 10.9. The van der Waals surface area contributed by atoms with Gasteiger partial charge in [-0.1, -0.05) is 23.7 Å². The normalized spacial score (nSPS) is 27.4. The van der Waals surface area contributed by atoms with E-state index < -0.39 is 27.6 Å². The lowest BCUT2D eigenvalue weighted by Gasteiger charge is -2.43. The Morgan fingerprint density at radius 2 is 1.86 bits per heavy atom. The number of halogens is 1. The number of hydrogen-bond donors (Lipinski definition) is 1. The molecule has 6 rings (SSSR count). The van der Waals surface area contributed by atoms with Crippen molar-refractivity contribution >= 4 is 39.3 Å². The van der Waals surface area contributed by atoms with Crippen LogP contribution in [0.2, 0.25) is 5.02 Å². The predicted octanol–water partition coefficient (Wildman–Crippen LogP) is 5.40. The molecule has 4 atom stereocenters. The third kappa shape index (κ3) is 8.25. The van der Waals surface area contributed by atoms with E-state index in [1.165, 1.54) is 19.9 Å². The predicted molar refractivity (Wildman–Crippen MR) is 192 cm³/mol. The molecule has 2 aromatic rings. The number of amides is 2. The van der Waals surface area contributed by atoms with Crippen molar-refractivity contribution in [1.82, 2.24) is 14.5 Å². The van der Waals surface area contributed by atoms with Crippen LogP contribution in [0, 0.1) is 11.8 Å². The molecule has 2 fully saturated rings. The number of nitrogens with one attached hydrogen (secondary N) is 1. The van der Waals surface area contributed by atoms with Crippen LogP contribution < -0.4 is 14.4 Å². The second kappa shape index (κ2) is 15.1. The van der Waals surface area contributed by atoms with Gasteiger partial charge >= 0.3 is 6.09 Å². The Balaban J connectivity index is 1.34. The van der Waals surface area contributed by atoms with Crippen molar-refractivity contribution in [3.05, 3.63) is 64.7 Å². The molecule has 1 aliphatic carbocycles. The monoisotopic (exact) mass is 728 g/mol. The second-order valence-corrected chi connectivity index (χ2v) is 16.7. The Labute approximate surface area is 300 Å². The van der Waals surface area contributed by atoms with Crippen LogP contribution in [-0.4, -0.2) is 94.8 Å². The zero-order valence-corrected chi connectivity index (χ0v) is 31.0. The molecule has 0 unspecified atom stereocenters. The highest BCUT2D eigenvalue weighted by Crippen LogP contribution is 2.42. The van der Waals surface area contributed by atoms with E-state index >= 15 is 0 Å². The highest BCUT2D eigenvalue weighted by Gasteiger charge is 2.41. The minimum Gasteiger partial charge on any atom is -0.487 e. The number of likely N-dealkylation sites (N-methyl/N-ethyl adjacent to an activating group) is 1. The van der Waals surface area contributed by atoms with Crippen LogP contribution in [-0.2, 0) is 37.3 Å². The van der Waals surface area contributed by atoms with Crippen LogP contribution in [0.1, 0.15) is 57.1 Å². The molecule has 13 heteroatoms. The van der Waals surface area contributed by atoms with Crippen molar-refractivity contribution in [3.8, 4) is 5.75 Å². The minimum absolute atomic E-state index is 0.0359. The molecule has 1 saturated heterocycles. The number of anilines is 1. The number of aryl methyl sites for hydroxylation is 1. The molecule has 3 aliphatic heterocycles. The molecule has 1 saturated carbocycles. The Hall–Kier alpha value is -3.32. The van der Waals surface area contributed by atoms with Gasteiger partial charge in [-0.3, -0.25) is 4.79 Å². The molecule has 2 bridgehead atoms. The lowest BCUT2D eigenvalue weighted by molar-refractivity contribution is -0.139. The summed E-state index contributed by atoms with van der Waals surface area (Å²) in [4.78, 5) is 32.9. The maximum absolute atomic E-state index is 13.6. The number of benzene rings is 2. The first kappa shape index (κ1) is 36.5. The molecule has 0 spiro atoms. The van der Waals surface area contributed by atoms with Crippen LogP contribution in [0.25, 0.3) is 0 Å². The summed E-state index contributed by atoms with van der Waals surface area (Å²) in [5.74, 6) is -0.0206. The highest BCUT2D eigenvalue weighted by atomic mass is 35.5. The maximum Gasteiger partial charge on any atom is 0.410 e. The molecule has 1 N–H and O–H groups in total. The summed E-state index contributed by atoms with van der Waals surface area (Å²) < 4.78 is 48.0. The SMILES string of the molecule is CN(C)[C@H]1CCN(C(=O)O[C@H]2/C=C/COC(C)(C)C(=O)NS(=O)(=O)c3ccc4c(c3)N(CCCCc3cc(Cl)ccc3CO4)C[C@@H]3CC[C@H]32)C1. The van der Waals surface area contributed by atoms with E-state index in [1.807, 2.05) is 38.4 Å². The van der Waals surface area contributed by atoms with Gasteiger partial charge in [-0.2, -0.15) is 0 Å². The first-order valence-electron chi connectivity index (χ1n) is 17.6. The van der Waals surface area contributed by atoms with E-state index in [4.69, 9.17) is 25.8 Å². The lowest BCUT2D eigenvalue weighted by atomic mass is 9.70. The largest absolute Gasteiger partial charge is 0.487 e. The van der Waals surface area contributed by atoms with Crippen LogP contribution in [0.5, 0.6) is 5.75 Å². The number of sulfonamides is 1. The molecule has 2 amide bonds. The smallest absolute Gasteiger partial charge is 0.410 e. The van der Waals surface area contributed by atoms with Gasteiger partial charge in [-0.05, 0) is 120 Å². The Morgan fingerprint density at radius 1 is 1.04 bits per heavy atom. The van der Waals surface area contributed by atoms with Gasteiger partial charge in [0.2, 0.25) is 0 Å². The van der Waals surface area contributed by atoms with Crippen molar-refractivity contribution in [2.45, 2.75) is 81.6 Å². The quantitative estimate of drug-likeness (QED) is 0.406. The van der Waals surface area contributed by atoms with Crippen LogP contribution in [0.15, 0.2) is 53.4 Å². The van der Waals surface area contributed by atoms with Gasteiger partial charge in [0.05, 0.1) is 17.2 Å². The number of carbonyl (C=O) groups is 2. The van der Waals surface area contributed by atoms with E-state index in [9.17, 15) is 18.0 Å². The first-order valence-corrected chi connectivity index (χ1v) is 19.5. The molecular weight excluding hydrogens is 680 g/mol. The van der Waals surface area contributed by atoms with Gasteiger partial charge in [-0.25, -0.2) is 17.9 Å².